The summed E-state index contributed by atoms with van der Waals surface area (Å²) in [5.74, 6) is -0.0929. The zero-order valence-electron chi connectivity index (χ0n) is 10.7. The van der Waals surface area contributed by atoms with Crippen LogP contribution < -0.4 is 5.73 Å². The number of nitrogen functional groups attached to an aromatic ring is 1. The molecule has 1 aromatic carbocycles. The predicted molar refractivity (Wildman–Crippen MR) is 69.6 cm³/mol. The van der Waals surface area contributed by atoms with E-state index in [-0.39, 0.29) is 17.3 Å². The first-order valence-corrected chi connectivity index (χ1v) is 6.40. The van der Waals surface area contributed by atoms with Crippen LogP contribution in [0.4, 0.5) is 14.6 Å². The van der Waals surface area contributed by atoms with Gasteiger partial charge in [-0.25, -0.2) is 13.8 Å². The molecule has 1 aromatic heterocycles. The highest BCUT2D eigenvalue weighted by atomic mass is 19.1. The number of hydrogen-bond donors (Lipinski definition) is 1. The number of anilines is 1. The molecule has 0 fully saturated rings. The summed E-state index contributed by atoms with van der Waals surface area (Å²) in [6.45, 7) is 2.04. The van der Waals surface area contributed by atoms with Gasteiger partial charge in [0.1, 0.15) is 29.0 Å². The molecule has 19 heavy (non-hydrogen) atoms. The third-order valence-electron chi connectivity index (χ3n) is 3.68. The van der Waals surface area contributed by atoms with Crippen molar-refractivity contribution in [1.82, 2.24) is 9.55 Å². The number of nitrogens with two attached hydrogens (primary N) is 1. The lowest BCUT2D eigenvalue weighted by Crippen LogP contribution is -2.17. The number of imidazole rings is 1. The van der Waals surface area contributed by atoms with Crippen molar-refractivity contribution in [1.29, 1.82) is 0 Å². The number of halogens is 2. The van der Waals surface area contributed by atoms with Crippen molar-refractivity contribution >= 4 is 5.82 Å². The highest BCUT2D eigenvalue weighted by molar-refractivity contribution is 5.72. The van der Waals surface area contributed by atoms with Gasteiger partial charge in [-0.2, -0.15) is 0 Å². The summed E-state index contributed by atoms with van der Waals surface area (Å²) >= 11 is 0. The van der Waals surface area contributed by atoms with E-state index in [1.54, 1.807) is 0 Å². The summed E-state index contributed by atoms with van der Waals surface area (Å²) in [7, 11) is 0. The molecule has 0 bridgehead atoms. The molecule has 1 unspecified atom stereocenters. The van der Waals surface area contributed by atoms with Crippen LogP contribution in [0.2, 0.25) is 0 Å². The molecule has 2 aromatic rings. The van der Waals surface area contributed by atoms with Crippen molar-refractivity contribution < 1.29 is 8.78 Å². The normalized spacial score (nSPS) is 18.4. The number of hydrogen-bond acceptors (Lipinski definition) is 2. The van der Waals surface area contributed by atoms with Gasteiger partial charge in [-0.15, -0.1) is 0 Å². The smallest absolute Gasteiger partial charge is 0.135 e. The molecule has 1 aliphatic heterocycles. The van der Waals surface area contributed by atoms with Crippen LogP contribution in [0, 0.1) is 11.6 Å². The topological polar surface area (TPSA) is 43.8 Å². The molecule has 1 aliphatic rings. The van der Waals surface area contributed by atoms with Crippen molar-refractivity contribution in [3.05, 3.63) is 35.7 Å². The van der Waals surface area contributed by atoms with Crippen LogP contribution in [0.25, 0.3) is 11.3 Å². The maximum Gasteiger partial charge on any atom is 0.135 e. The average Bonchev–Trinajstić information content (AvgIpc) is 2.68. The van der Waals surface area contributed by atoms with E-state index < -0.39 is 11.6 Å². The van der Waals surface area contributed by atoms with E-state index >= 15 is 0 Å². The average molecular weight is 263 g/mol. The first-order valence-electron chi connectivity index (χ1n) is 6.40. The van der Waals surface area contributed by atoms with E-state index in [0.29, 0.717) is 5.82 Å². The summed E-state index contributed by atoms with van der Waals surface area (Å²) < 4.78 is 29.6. The van der Waals surface area contributed by atoms with Gasteiger partial charge in [-0.1, -0.05) is 6.07 Å². The lowest BCUT2D eigenvalue weighted by Gasteiger charge is -2.22. The number of nitrogens with zero attached hydrogens (tertiary/aromatic N) is 2. The zero-order chi connectivity index (χ0) is 13.6. The van der Waals surface area contributed by atoms with E-state index in [2.05, 4.69) is 4.98 Å². The van der Waals surface area contributed by atoms with Crippen LogP contribution in [0.5, 0.6) is 0 Å². The Labute approximate surface area is 110 Å². The van der Waals surface area contributed by atoms with E-state index in [1.807, 2.05) is 11.5 Å². The van der Waals surface area contributed by atoms with E-state index in [0.717, 1.165) is 25.1 Å². The second-order valence-corrected chi connectivity index (χ2v) is 4.97. The molecule has 2 heterocycles. The second kappa shape index (κ2) is 4.33. The van der Waals surface area contributed by atoms with Crippen molar-refractivity contribution in [3.63, 3.8) is 0 Å². The maximum atomic E-state index is 13.8. The summed E-state index contributed by atoms with van der Waals surface area (Å²) in [5.41, 5.74) is 6.14. The number of rotatable bonds is 1. The standard InChI is InChI=1S/C14H15F2N3/c1-8-4-2-7-11-18-13(14(17)19(8)11)12-9(15)5-3-6-10(12)16/h3,5-6,8H,2,4,7,17H2,1H3. The van der Waals surface area contributed by atoms with Crippen molar-refractivity contribution in [3.8, 4) is 11.3 Å². The van der Waals surface area contributed by atoms with Crippen LogP contribution in [-0.4, -0.2) is 9.55 Å². The van der Waals surface area contributed by atoms with Crippen molar-refractivity contribution in [2.75, 3.05) is 5.73 Å². The summed E-state index contributed by atoms with van der Waals surface area (Å²) in [6, 6.07) is 4.00. The Hall–Kier alpha value is -1.91. The Kier molecular flexibility index (Phi) is 2.77. The van der Waals surface area contributed by atoms with Gasteiger partial charge >= 0.3 is 0 Å². The predicted octanol–water partition coefficient (Wildman–Crippen LogP) is 3.31. The highest BCUT2D eigenvalue weighted by Gasteiger charge is 2.25. The van der Waals surface area contributed by atoms with Crippen molar-refractivity contribution in [2.24, 2.45) is 0 Å². The molecule has 0 saturated heterocycles. The van der Waals surface area contributed by atoms with E-state index in [9.17, 15) is 8.78 Å². The molecule has 0 aliphatic carbocycles. The van der Waals surface area contributed by atoms with Gasteiger partial charge < -0.3 is 10.3 Å². The molecule has 0 saturated carbocycles. The van der Waals surface area contributed by atoms with Gasteiger partial charge in [0.25, 0.3) is 0 Å². The molecule has 0 amide bonds. The number of aromatic nitrogens is 2. The first kappa shape index (κ1) is 12.1. The van der Waals surface area contributed by atoms with Gasteiger partial charge in [0.15, 0.2) is 0 Å². The van der Waals surface area contributed by atoms with Gasteiger partial charge in [-0.05, 0) is 31.9 Å². The molecule has 100 valence electrons. The monoisotopic (exact) mass is 263 g/mol. The first-order chi connectivity index (χ1) is 9.09. The van der Waals surface area contributed by atoms with Gasteiger partial charge in [0.2, 0.25) is 0 Å². The molecule has 5 heteroatoms. The molecular weight excluding hydrogens is 248 g/mol. The Balaban J connectivity index is 2.22. The van der Waals surface area contributed by atoms with Crippen LogP contribution >= 0.6 is 0 Å². The summed E-state index contributed by atoms with van der Waals surface area (Å²) in [4.78, 5) is 4.35. The minimum Gasteiger partial charge on any atom is -0.383 e. The Morgan fingerprint density at radius 1 is 1.32 bits per heavy atom. The molecule has 1 atom stereocenters. The Morgan fingerprint density at radius 2 is 2.00 bits per heavy atom. The molecule has 3 rings (SSSR count). The van der Waals surface area contributed by atoms with E-state index in [1.165, 1.54) is 18.2 Å². The van der Waals surface area contributed by atoms with Gasteiger partial charge in [0.05, 0.1) is 5.56 Å². The SMILES string of the molecule is CC1CCCc2nc(-c3c(F)cccc3F)c(N)n21. The lowest BCUT2D eigenvalue weighted by atomic mass is 10.1. The minimum absolute atomic E-state index is 0.130. The summed E-state index contributed by atoms with van der Waals surface area (Å²) in [5, 5.41) is 0. The highest BCUT2D eigenvalue weighted by Crippen LogP contribution is 2.36. The fraction of sp³-hybridized carbons (Fsp3) is 0.357. The Morgan fingerprint density at radius 3 is 2.63 bits per heavy atom. The fourth-order valence-electron chi connectivity index (χ4n) is 2.75. The second-order valence-electron chi connectivity index (χ2n) is 4.97. The molecular formula is C14H15F2N3. The fourth-order valence-corrected chi connectivity index (χ4v) is 2.75. The van der Waals surface area contributed by atoms with Gasteiger partial charge in [0, 0.05) is 12.5 Å². The molecule has 3 nitrogen and oxygen atoms in total. The molecule has 2 N–H and O–H groups in total. The van der Waals surface area contributed by atoms with Crippen LogP contribution in [0.3, 0.4) is 0 Å². The number of aryl methyl sites for hydroxylation is 1. The maximum absolute atomic E-state index is 13.8. The Bertz CT molecular complexity index is 614. The zero-order valence-corrected chi connectivity index (χ0v) is 10.7. The van der Waals surface area contributed by atoms with Crippen LogP contribution in [0.1, 0.15) is 31.6 Å². The molecule has 0 spiro atoms. The third kappa shape index (κ3) is 1.80. The summed E-state index contributed by atoms with van der Waals surface area (Å²) in [6.07, 6.45) is 2.83. The molecule has 0 radical (unpaired) electrons. The van der Waals surface area contributed by atoms with Gasteiger partial charge in [-0.3, -0.25) is 0 Å². The lowest BCUT2D eigenvalue weighted by molar-refractivity contribution is 0.430. The number of fused-ring (bicyclic) bond motifs is 1. The minimum atomic E-state index is -0.630. The third-order valence-corrected chi connectivity index (χ3v) is 3.68. The van der Waals surface area contributed by atoms with Crippen molar-refractivity contribution in [2.45, 2.75) is 32.2 Å². The van der Waals surface area contributed by atoms with E-state index in [4.69, 9.17) is 5.73 Å². The number of benzene rings is 1. The quantitative estimate of drug-likeness (QED) is 0.857. The van der Waals surface area contributed by atoms with Crippen LogP contribution in [-0.2, 0) is 6.42 Å². The van der Waals surface area contributed by atoms with Crippen LogP contribution in [0.15, 0.2) is 18.2 Å². The largest absolute Gasteiger partial charge is 0.383 e.